The highest BCUT2D eigenvalue weighted by Gasteiger charge is 2.46. The number of imide groups is 2. The molecule has 6 amide bonds. The summed E-state index contributed by atoms with van der Waals surface area (Å²) in [5, 5.41) is 11.9. The predicted octanol–water partition coefficient (Wildman–Crippen LogP) is 5.41. The van der Waals surface area contributed by atoms with Crippen molar-refractivity contribution in [1.29, 1.82) is 0 Å². The van der Waals surface area contributed by atoms with Gasteiger partial charge in [-0.3, -0.25) is 48.8 Å². The number of unbranched alkanes of at least 4 members (excludes halogenated alkanes) is 2. The molecule has 61 heavy (non-hydrogen) atoms. The van der Waals surface area contributed by atoms with Crippen LogP contribution < -0.4 is 30.9 Å². The van der Waals surface area contributed by atoms with E-state index in [4.69, 9.17) is 4.74 Å². The number of amides is 6. The average molecular weight is 824 g/mol. The summed E-state index contributed by atoms with van der Waals surface area (Å²) < 4.78 is 5.75. The number of likely N-dealkylation sites (N-methyl/N-ethyl adjacent to an activating group) is 1. The third-order valence-electron chi connectivity index (χ3n) is 10.9. The molecule has 4 N–H and O–H groups in total. The van der Waals surface area contributed by atoms with Crippen molar-refractivity contribution in [2.45, 2.75) is 44.6 Å². The molecule has 3 heterocycles. The molecule has 0 radical (unpaired) electrons. The number of Topliss-reactive ketones (excluding diaryl/α,β-unsaturated/α-hetero) is 1. The van der Waals surface area contributed by atoms with E-state index in [1.807, 2.05) is 54.6 Å². The lowest BCUT2D eigenvalue weighted by atomic mass is 9.98. The number of hydrogen-bond acceptors (Lipinski definition) is 11. The Bertz CT molecular complexity index is 2560. The van der Waals surface area contributed by atoms with Crippen molar-refractivity contribution in [3.8, 4) is 16.9 Å². The van der Waals surface area contributed by atoms with Gasteiger partial charge in [-0.1, -0.05) is 42.8 Å². The van der Waals surface area contributed by atoms with Crippen molar-refractivity contribution in [1.82, 2.24) is 25.8 Å². The predicted molar refractivity (Wildman–Crippen MR) is 229 cm³/mol. The Morgan fingerprint density at radius 1 is 0.885 bits per heavy atom. The number of nitrogens with one attached hydrogen (secondary N) is 4. The van der Waals surface area contributed by atoms with E-state index >= 15 is 0 Å². The van der Waals surface area contributed by atoms with Crippen LogP contribution >= 0.6 is 0 Å². The maximum absolute atomic E-state index is 13.5. The van der Waals surface area contributed by atoms with Crippen LogP contribution in [-0.4, -0.2) is 91.4 Å². The Balaban J connectivity index is 0.916. The quantitative estimate of drug-likeness (QED) is 0.0734. The Morgan fingerprint density at radius 2 is 1.66 bits per heavy atom. The lowest BCUT2D eigenvalue weighted by Gasteiger charge is -2.28. The fourth-order valence-corrected chi connectivity index (χ4v) is 7.69. The van der Waals surface area contributed by atoms with Crippen LogP contribution in [0.5, 0.6) is 5.75 Å². The maximum Gasteiger partial charge on any atom is 0.264 e. The summed E-state index contributed by atoms with van der Waals surface area (Å²) in [4.78, 5) is 96.8. The van der Waals surface area contributed by atoms with E-state index in [2.05, 4.69) is 26.3 Å². The van der Waals surface area contributed by atoms with E-state index in [1.54, 1.807) is 50.4 Å². The van der Waals surface area contributed by atoms with E-state index in [-0.39, 0.29) is 54.5 Å². The number of benzene rings is 4. The van der Waals surface area contributed by atoms with E-state index in [1.165, 1.54) is 12.3 Å². The van der Waals surface area contributed by atoms with Gasteiger partial charge in [0.1, 0.15) is 11.8 Å². The summed E-state index contributed by atoms with van der Waals surface area (Å²) in [6.45, 7) is 0.425. The number of anilines is 3. The SMILES string of the molecule is CNC(=O)c1cnc2cc(OC)c(-c3ccc(C(=O)NCCCCCC(=O)CN(C)c4cccc5c4C(=O)N(C4CCC(=O)NC4=O)C5=O)cc3)cc2c1Nc1ccccc1. The van der Waals surface area contributed by atoms with Gasteiger partial charge in [-0.05, 0) is 67.3 Å². The van der Waals surface area contributed by atoms with E-state index in [0.717, 1.165) is 21.7 Å². The molecule has 0 aliphatic carbocycles. The molecule has 1 atom stereocenters. The van der Waals surface area contributed by atoms with Crippen LogP contribution in [0.2, 0.25) is 0 Å². The third-order valence-corrected chi connectivity index (χ3v) is 10.9. The van der Waals surface area contributed by atoms with Gasteiger partial charge in [0.05, 0.1) is 47.2 Å². The normalized spacial score (nSPS) is 14.7. The molecule has 2 aliphatic rings. The molecule has 1 aromatic heterocycles. The zero-order chi connectivity index (χ0) is 43.2. The number of aromatic nitrogens is 1. The first-order valence-electron chi connectivity index (χ1n) is 20.0. The van der Waals surface area contributed by atoms with Gasteiger partial charge in [-0.15, -0.1) is 0 Å². The second kappa shape index (κ2) is 18.2. The number of nitrogens with zero attached hydrogens (tertiary/aromatic N) is 3. The fraction of sp³-hybridized carbons (Fsp3) is 0.261. The van der Waals surface area contributed by atoms with Crippen LogP contribution in [0.1, 0.15) is 80.0 Å². The van der Waals surface area contributed by atoms with Gasteiger partial charge in [-0.2, -0.15) is 0 Å². The van der Waals surface area contributed by atoms with Crippen molar-refractivity contribution in [2.75, 3.05) is 44.5 Å². The van der Waals surface area contributed by atoms with Crippen molar-refractivity contribution >= 4 is 69.2 Å². The molecule has 1 unspecified atom stereocenters. The molecule has 2 aliphatic heterocycles. The molecular formula is C46H45N7O8. The number of ether oxygens (including phenoxy) is 1. The minimum Gasteiger partial charge on any atom is -0.496 e. The largest absolute Gasteiger partial charge is 0.496 e. The maximum atomic E-state index is 13.5. The summed E-state index contributed by atoms with van der Waals surface area (Å²) >= 11 is 0. The Kier molecular flexibility index (Phi) is 12.5. The second-order valence-corrected chi connectivity index (χ2v) is 14.9. The van der Waals surface area contributed by atoms with Crippen LogP contribution in [-0.2, 0) is 14.4 Å². The molecule has 15 nitrogen and oxygen atoms in total. The summed E-state index contributed by atoms with van der Waals surface area (Å²) in [6.07, 6.45) is 3.85. The fourth-order valence-electron chi connectivity index (χ4n) is 7.69. The van der Waals surface area contributed by atoms with E-state index in [0.29, 0.717) is 65.0 Å². The first kappa shape index (κ1) is 41.7. The van der Waals surface area contributed by atoms with Gasteiger partial charge in [-0.25, -0.2) is 0 Å². The number of piperidine rings is 1. The molecule has 4 aromatic carbocycles. The van der Waals surface area contributed by atoms with Crippen molar-refractivity contribution < 1.29 is 38.3 Å². The zero-order valence-corrected chi connectivity index (χ0v) is 34.0. The van der Waals surface area contributed by atoms with E-state index < -0.39 is 29.7 Å². The highest BCUT2D eigenvalue weighted by Crippen LogP contribution is 2.39. The lowest BCUT2D eigenvalue weighted by Crippen LogP contribution is -2.54. The number of fused-ring (bicyclic) bond motifs is 2. The molecule has 0 saturated carbocycles. The van der Waals surface area contributed by atoms with Gasteiger partial charge in [0.15, 0.2) is 5.78 Å². The third kappa shape index (κ3) is 8.81. The monoisotopic (exact) mass is 823 g/mol. The number of hydrogen-bond donors (Lipinski definition) is 4. The molecule has 0 spiro atoms. The highest BCUT2D eigenvalue weighted by molar-refractivity contribution is 6.25. The van der Waals surface area contributed by atoms with Crippen molar-refractivity contribution in [3.63, 3.8) is 0 Å². The average Bonchev–Trinajstić information content (AvgIpc) is 3.52. The number of carbonyl (C=O) groups excluding carboxylic acids is 7. The Labute approximate surface area is 351 Å². The van der Waals surface area contributed by atoms with Gasteiger partial charge < -0.3 is 25.6 Å². The number of rotatable bonds is 16. The highest BCUT2D eigenvalue weighted by atomic mass is 16.5. The summed E-state index contributed by atoms with van der Waals surface area (Å²) in [7, 11) is 4.81. The number of carbonyl (C=O) groups is 7. The molecule has 1 fully saturated rings. The van der Waals surface area contributed by atoms with E-state index in [9.17, 15) is 33.6 Å². The van der Waals surface area contributed by atoms with Crippen LogP contribution in [0.25, 0.3) is 22.0 Å². The number of ketones is 1. The van der Waals surface area contributed by atoms with Crippen LogP contribution in [0.15, 0.2) is 91.1 Å². The lowest BCUT2D eigenvalue weighted by molar-refractivity contribution is -0.136. The smallest absolute Gasteiger partial charge is 0.264 e. The van der Waals surface area contributed by atoms with Crippen LogP contribution in [0, 0.1) is 0 Å². The van der Waals surface area contributed by atoms with Crippen molar-refractivity contribution in [3.05, 3.63) is 113 Å². The van der Waals surface area contributed by atoms with Gasteiger partial charge >= 0.3 is 0 Å². The second-order valence-electron chi connectivity index (χ2n) is 14.9. The summed E-state index contributed by atoms with van der Waals surface area (Å²) in [6, 6.07) is 24.2. The molecule has 5 aromatic rings. The van der Waals surface area contributed by atoms with Crippen molar-refractivity contribution in [2.24, 2.45) is 0 Å². The molecule has 15 heteroatoms. The standard InChI is InChI=1S/C46H45N7O8/c1-47-43(57)34-25-49-35-24-38(61-3)32(23-33(35)41(34)50-29-11-6-4-7-12-29)27-16-18-28(19-17-27)42(56)48-22-9-5-8-13-30(54)26-52(2)36-15-10-14-31-40(36)46(60)53(45(31)59)37-20-21-39(55)51-44(37)58/h4,6-7,10-12,14-19,23-25,37H,5,8-9,13,20-22,26H2,1-3H3,(H,47,57)(H,48,56)(H,49,50)(H,51,55,58). The number of para-hydroxylation sites is 1. The molecule has 7 rings (SSSR count). The minimum atomic E-state index is -1.08. The summed E-state index contributed by atoms with van der Waals surface area (Å²) in [5.74, 6) is -2.37. The molecule has 1 saturated heterocycles. The topological polar surface area (TPSA) is 196 Å². The van der Waals surface area contributed by atoms with Crippen LogP contribution in [0.4, 0.5) is 17.1 Å². The minimum absolute atomic E-state index is 0.00777. The molecule has 0 bridgehead atoms. The first-order chi connectivity index (χ1) is 29.5. The Hall–Kier alpha value is -7.42. The molecular weight excluding hydrogens is 779 g/mol. The first-order valence-corrected chi connectivity index (χ1v) is 20.0. The zero-order valence-electron chi connectivity index (χ0n) is 34.0. The number of pyridine rings is 1. The number of methoxy groups -OCH3 is 1. The van der Waals surface area contributed by atoms with Gasteiger partial charge in [0, 0.05) is 67.9 Å². The Morgan fingerprint density at radius 3 is 2.38 bits per heavy atom. The summed E-state index contributed by atoms with van der Waals surface area (Å²) in [5.41, 5.74) is 5.13. The van der Waals surface area contributed by atoms with Crippen LogP contribution in [0.3, 0.4) is 0 Å². The molecule has 312 valence electrons. The van der Waals surface area contributed by atoms with Gasteiger partial charge in [0.25, 0.3) is 23.6 Å². The van der Waals surface area contributed by atoms with Gasteiger partial charge in [0.2, 0.25) is 11.8 Å².